The van der Waals surface area contributed by atoms with E-state index in [1.54, 1.807) is 36.5 Å². The second-order valence-corrected chi connectivity index (χ2v) is 6.34. The fourth-order valence-electron chi connectivity index (χ4n) is 3.28. The van der Waals surface area contributed by atoms with Gasteiger partial charge in [-0.1, -0.05) is 6.07 Å². The average molecular weight is 360 g/mol. The number of rotatable bonds is 5. The number of carbonyl (C=O) groups excluding carboxylic acids is 1. The monoisotopic (exact) mass is 360 g/mol. The number of hydrogen-bond donors (Lipinski definition) is 0. The van der Waals surface area contributed by atoms with E-state index in [9.17, 15) is 4.79 Å². The van der Waals surface area contributed by atoms with Gasteiger partial charge in [0.2, 0.25) is 0 Å². The van der Waals surface area contributed by atoms with Crippen molar-refractivity contribution in [1.29, 1.82) is 0 Å². The van der Waals surface area contributed by atoms with E-state index in [0.29, 0.717) is 12.3 Å². The van der Waals surface area contributed by atoms with Gasteiger partial charge in [-0.05, 0) is 71.6 Å². The summed E-state index contributed by atoms with van der Waals surface area (Å²) in [6.07, 6.45) is 4.42. The van der Waals surface area contributed by atoms with Gasteiger partial charge in [-0.25, -0.2) is 0 Å². The first-order valence-corrected chi connectivity index (χ1v) is 8.85. The van der Waals surface area contributed by atoms with Crippen molar-refractivity contribution in [2.24, 2.45) is 0 Å². The Labute approximate surface area is 158 Å². The van der Waals surface area contributed by atoms with E-state index in [1.807, 2.05) is 36.4 Å². The highest BCUT2D eigenvalue weighted by Crippen LogP contribution is 2.32. The molecule has 0 radical (unpaired) electrons. The summed E-state index contributed by atoms with van der Waals surface area (Å²) in [4.78, 5) is 18.5. The maximum atomic E-state index is 12.6. The molecule has 1 aliphatic rings. The highest BCUT2D eigenvalue weighted by atomic mass is 16.5. The standard InChI is InChI=1S/C22H20N2O3/c1-26-19-3-5-20(6-4-19)27-15-22(25)24-13-10-18-14-17(2-7-21(18)24)16-8-11-23-12-9-16/h2-9,11-12,14H,10,13,15H2,1H3. The summed E-state index contributed by atoms with van der Waals surface area (Å²) < 4.78 is 10.8. The number of benzene rings is 2. The molecule has 1 amide bonds. The molecule has 0 spiro atoms. The lowest BCUT2D eigenvalue weighted by atomic mass is 10.0. The smallest absolute Gasteiger partial charge is 0.264 e. The van der Waals surface area contributed by atoms with E-state index in [1.165, 1.54) is 5.56 Å². The van der Waals surface area contributed by atoms with Crippen LogP contribution in [-0.2, 0) is 11.2 Å². The summed E-state index contributed by atoms with van der Waals surface area (Å²) in [5, 5.41) is 0. The van der Waals surface area contributed by atoms with Crippen LogP contribution >= 0.6 is 0 Å². The van der Waals surface area contributed by atoms with Crippen LogP contribution in [0.1, 0.15) is 5.56 Å². The number of aromatic nitrogens is 1. The van der Waals surface area contributed by atoms with Gasteiger partial charge >= 0.3 is 0 Å². The van der Waals surface area contributed by atoms with Crippen molar-refractivity contribution < 1.29 is 14.3 Å². The van der Waals surface area contributed by atoms with Crippen LogP contribution in [0, 0.1) is 0 Å². The van der Waals surface area contributed by atoms with Crippen LogP contribution in [0.15, 0.2) is 67.0 Å². The first-order chi connectivity index (χ1) is 13.2. The summed E-state index contributed by atoms with van der Waals surface area (Å²) in [5.41, 5.74) is 4.42. The molecular formula is C22H20N2O3. The summed E-state index contributed by atoms with van der Waals surface area (Å²) >= 11 is 0. The minimum absolute atomic E-state index is 0.0118. The molecule has 0 fully saturated rings. The van der Waals surface area contributed by atoms with Crippen LogP contribution in [-0.4, -0.2) is 31.2 Å². The molecule has 0 unspecified atom stereocenters. The zero-order valence-corrected chi connectivity index (χ0v) is 15.1. The number of methoxy groups -OCH3 is 1. The van der Waals surface area contributed by atoms with E-state index < -0.39 is 0 Å². The van der Waals surface area contributed by atoms with Gasteiger partial charge in [0.15, 0.2) is 6.61 Å². The Hall–Kier alpha value is -3.34. The second-order valence-electron chi connectivity index (χ2n) is 6.34. The molecule has 27 heavy (non-hydrogen) atoms. The largest absolute Gasteiger partial charge is 0.497 e. The van der Waals surface area contributed by atoms with Crippen LogP contribution in [0.3, 0.4) is 0 Å². The summed E-state index contributed by atoms with van der Waals surface area (Å²) in [6, 6.07) is 17.4. The van der Waals surface area contributed by atoms with E-state index in [2.05, 4.69) is 11.1 Å². The van der Waals surface area contributed by atoms with Gasteiger partial charge in [0, 0.05) is 24.6 Å². The molecule has 2 aromatic carbocycles. The molecule has 0 atom stereocenters. The van der Waals surface area contributed by atoms with Gasteiger partial charge in [0.1, 0.15) is 11.5 Å². The molecule has 1 aromatic heterocycles. The molecule has 0 N–H and O–H groups in total. The van der Waals surface area contributed by atoms with Gasteiger partial charge in [-0.3, -0.25) is 9.78 Å². The predicted octanol–water partition coefficient (Wildman–Crippen LogP) is 3.73. The zero-order valence-electron chi connectivity index (χ0n) is 15.1. The first kappa shape index (κ1) is 17.1. The topological polar surface area (TPSA) is 51.7 Å². The Morgan fingerprint density at radius 3 is 2.48 bits per heavy atom. The third kappa shape index (κ3) is 3.62. The lowest BCUT2D eigenvalue weighted by molar-refractivity contribution is -0.120. The van der Waals surface area contributed by atoms with Crippen molar-refractivity contribution in [1.82, 2.24) is 4.98 Å². The maximum Gasteiger partial charge on any atom is 0.264 e. The van der Waals surface area contributed by atoms with E-state index in [-0.39, 0.29) is 12.5 Å². The summed E-state index contributed by atoms with van der Waals surface area (Å²) in [5.74, 6) is 1.37. The van der Waals surface area contributed by atoms with Crippen LogP contribution in [0.5, 0.6) is 11.5 Å². The number of fused-ring (bicyclic) bond motifs is 1. The fourth-order valence-corrected chi connectivity index (χ4v) is 3.28. The first-order valence-electron chi connectivity index (χ1n) is 8.85. The molecule has 3 aromatic rings. The minimum atomic E-state index is -0.0405. The third-order valence-electron chi connectivity index (χ3n) is 4.71. The Balaban J connectivity index is 1.44. The Kier molecular flexibility index (Phi) is 4.75. The number of anilines is 1. The quantitative estimate of drug-likeness (QED) is 0.696. The molecule has 2 heterocycles. The average Bonchev–Trinajstić information content (AvgIpc) is 3.16. The number of ether oxygens (including phenoxy) is 2. The van der Waals surface area contributed by atoms with Crippen molar-refractivity contribution in [2.45, 2.75) is 6.42 Å². The fraction of sp³-hybridized carbons (Fsp3) is 0.182. The maximum absolute atomic E-state index is 12.6. The highest BCUT2D eigenvalue weighted by molar-refractivity contribution is 5.96. The van der Waals surface area contributed by atoms with Crippen molar-refractivity contribution >= 4 is 11.6 Å². The molecule has 0 saturated carbocycles. The molecule has 0 saturated heterocycles. The molecule has 0 aliphatic carbocycles. The molecule has 1 aliphatic heterocycles. The van der Waals surface area contributed by atoms with Crippen LogP contribution < -0.4 is 14.4 Å². The molecule has 136 valence electrons. The van der Waals surface area contributed by atoms with Gasteiger partial charge in [0.05, 0.1) is 7.11 Å². The summed E-state index contributed by atoms with van der Waals surface area (Å²) in [7, 11) is 1.62. The minimum Gasteiger partial charge on any atom is -0.497 e. The van der Waals surface area contributed by atoms with Crippen molar-refractivity contribution in [3.8, 4) is 22.6 Å². The molecule has 5 nitrogen and oxygen atoms in total. The van der Waals surface area contributed by atoms with E-state index >= 15 is 0 Å². The highest BCUT2D eigenvalue weighted by Gasteiger charge is 2.25. The number of nitrogens with zero attached hydrogens (tertiary/aromatic N) is 2. The lowest BCUT2D eigenvalue weighted by Gasteiger charge is -2.18. The van der Waals surface area contributed by atoms with Gasteiger partial charge in [-0.15, -0.1) is 0 Å². The molecule has 4 rings (SSSR count). The van der Waals surface area contributed by atoms with E-state index in [4.69, 9.17) is 9.47 Å². The van der Waals surface area contributed by atoms with Gasteiger partial charge in [-0.2, -0.15) is 0 Å². The summed E-state index contributed by atoms with van der Waals surface area (Å²) in [6.45, 7) is 0.692. The number of hydrogen-bond acceptors (Lipinski definition) is 4. The number of carbonyl (C=O) groups is 1. The number of amides is 1. The second kappa shape index (κ2) is 7.50. The predicted molar refractivity (Wildman–Crippen MR) is 104 cm³/mol. The normalized spacial score (nSPS) is 12.6. The van der Waals surface area contributed by atoms with Crippen LogP contribution in [0.2, 0.25) is 0 Å². The van der Waals surface area contributed by atoms with E-state index in [0.717, 1.165) is 29.0 Å². The van der Waals surface area contributed by atoms with Crippen LogP contribution in [0.25, 0.3) is 11.1 Å². The molecule has 0 bridgehead atoms. The van der Waals surface area contributed by atoms with Crippen molar-refractivity contribution in [3.05, 3.63) is 72.6 Å². The molecule has 5 heteroatoms. The van der Waals surface area contributed by atoms with Gasteiger partial charge < -0.3 is 14.4 Å². The zero-order chi connectivity index (χ0) is 18.6. The molecular weight excluding hydrogens is 340 g/mol. The lowest BCUT2D eigenvalue weighted by Crippen LogP contribution is -2.33. The SMILES string of the molecule is COc1ccc(OCC(=O)N2CCc3cc(-c4ccncc4)ccc32)cc1. The Bertz CT molecular complexity index is 940. The third-order valence-corrected chi connectivity index (χ3v) is 4.71. The van der Waals surface area contributed by atoms with Crippen molar-refractivity contribution in [2.75, 3.05) is 25.2 Å². The van der Waals surface area contributed by atoms with Crippen molar-refractivity contribution in [3.63, 3.8) is 0 Å². The Morgan fingerprint density at radius 1 is 1.00 bits per heavy atom. The number of pyridine rings is 1. The van der Waals surface area contributed by atoms with Gasteiger partial charge in [0.25, 0.3) is 5.91 Å². The van der Waals surface area contributed by atoms with Crippen LogP contribution in [0.4, 0.5) is 5.69 Å². The Morgan fingerprint density at radius 2 is 1.74 bits per heavy atom.